The minimum absolute atomic E-state index is 0.625. The van der Waals surface area contributed by atoms with Gasteiger partial charge in [0.1, 0.15) is 5.01 Å². The molecular formula is C14H25N3S. The van der Waals surface area contributed by atoms with Crippen molar-refractivity contribution in [1.29, 1.82) is 0 Å². The van der Waals surface area contributed by atoms with Crippen LogP contribution in [0.2, 0.25) is 0 Å². The smallest absolute Gasteiger partial charge is 0.107 e. The molecule has 3 nitrogen and oxygen atoms in total. The van der Waals surface area contributed by atoms with Crippen LogP contribution in [0.5, 0.6) is 0 Å². The summed E-state index contributed by atoms with van der Waals surface area (Å²) in [5, 5.41) is 7.03. The summed E-state index contributed by atoms with van der Waals surface area (Å²) in [5.41, 5.74) is 0. The van der Waals surface area contributed by atoms with E-state index >= 15 is 0 Å². The maximum absolute atomic E-state index is 4.42. The van der Waals surface area contributed by atoms with Gasteiger partial charge in [0.05, 0.1) is 6.54 Å². The topological polar surface area (TPSA) is 28.2 Å². The molecule has 1 aromatic heterocycles. The SMILES string of the molecule is CCC(C)C1CN(Cc2nccs2)C(C)CCN1. The number of aromatic nitrogens is 1. The van der Waals surface area contributed by atoms with E-state index in [-0.39, 0.29) is 0 Å². The molecule has 2 rings (SSSR count). The molecule has 0 spiro atoms. The fourth-order valence-corrected chi connectivity index (χ4v) is 3.19. The third-order valence-electron chi connectivity index (χ3n) is 4.18. The van der Waals surface area contributed by atoms with Crippen LogP contribution < -0.4 is 5.32 Å². The Labute approximate surface area is 115 Å². The summed E-state index contributed by atoms with van der Waals surface area (Å²) in [6.45, 7) is 10.3. The van der Waals surface area contributed by atoms with Crippen LogP contribution in [0.25, 0.3) is 0 Å². The molecule has 2 heterocycles. The van der Waals surface area contributed by atoms with E-state index in [1.807, 2.05) is 6.20 Å². The molecule has 1 aromatic rings. The highest BCUT2D eigenvalue weighted by Crippen LogP contribution is 2.19. The number of hydrogen-bond donors (Lipinski definition) is 1. The lowest BCUT2D eigenvalue weighted by Crippen LogP contribution is -2.43. The number of hydrogen-bond acceptors (Lipinski definition) is 4. The molecule has 1 N–H and O–H groups in total. The summed E-state index contributed by atoms with van der Waals surface area (Å²) in [5.74, 6) is 0.745. The number of rotatable bonds is 4. The van der Waals surface area contributed by atoms with Gasteiger partial charge in [-0.3, -0.25) is 4.90 Å². The zero-order valence-corrected chi connectivity index (χ0v) is 12.5. The van der Waals surface area contributed by atoms with Gasteiger partial charge in [0.25, 0.3) is 0 Å². The molecule has 1 aliphatic rings. The van der Waals surface area contributed by atoms with Crippen LogP contribution in [-0.4, -0.2) is 35.1 Å². The van der Waals surface area contributed by atoms with Gasteiger partial charge in [0.15, 0.2) is 0 Å². The fourth-order valence-electron chi connectivity index (χ4n) is 2.55. The van der Waals surface area contributed by atoms with E-state index in [0.717, 1.165) is 25.6 Å². The number of thiazole rings is 1. The Balaban J connectivity index is 2.01. The highest BCUT2D eigenvalue weighted by Gasteiger charge is 2.25. The van der Waals surface area contributed by atoms with E-state index < -0.39 is 0 Å². The highest BCUT2D eigenvalue weighted by molar-refractivity contribution is 7.09. The van der Waals surface area contributed by atoms with Gasteiger partial charge in [-0.2, -0.15) is 0 Å². The second-order valence-electron chi connectivity index (χ2n) is 5.44. The number of nitrogens with one attached hydrogen (secondary N) is 1. The lowest BCUT2D eigenvalue weighted by Gasteiger charge is -2.30. The van der Waals surface area contributed by atoms with Crippen molar-refractivity contribution in [1.82, 2.24) is 15.2 Å². The van der Waals surface area contributed by atoms with Crippen molar-refractivity contribution in [2.45, 2.75) is 52.2 Å². The molecular weight excluding hydrogens is 242 g/mol. The van der Waals surface area contributed by atoms with Crippen molar-refractivity contribution >= 4 is 11.3 Å². The van der Waals surface area contributed by atoms with E-state index in [1.165, 1.54) is 17.8 Å². The lowest BCUT2D eigenvalue weighted by molar-refractivity contribution is 0.180. The van der Waals surface area contributed by atoms with E-state index in [2.05, 4.69) is 41.4 Å². The number of nitrogens with zero attached hydrogens (tertiary/aromatic N) is 2. The molecule has 0 aromatic carbocycles. The van der Waals surface area contributed by atoms with Gasteiger partial charge in [0, 0.05) is 30.2 Å². The standard InChI is InChI=1S/C14H25N3S/c1-4-11(2)13-9-17(12(3)5-6-15-13)10-14-16-7-8-18-14/h7-8,11-13,15H,4-6,9-10H2,1-3H3. The summed E-state index contributed by atoms with van der Waals surface area (Å²) in [4.78, 5) is 7.01. The Morgan fingerprint density at radius 1 is 1.61 bits per heavy atom. The minimum atomic E-state index is 0.625. The lowest BCUT2D eigenvalue weighted by atomic mass is 9.99. The summed E-state index contributed by atoms with van der Waals surface area (Å²) in [7, 11) is 0. The first-order valence-corrected chi connectivity index (χ1v) is 7.94. The van der Waals surface area contributed by atoms with Crippen LogP contribution in [0, 0.1) is 5.92 Å². The summed E-state index contributed by atoms with van der Waals surface area (Å²) < 4.78 is 0. The highest BCUT2D eigenvalue weighted by atomic mass is 32.1. The average molecular weight is 267 g/mol. The van der Waals surface area contributed by atoms with E-state index in [0.29, 0.717) is 12.1 Å². The molecule has 0 saturated carbocycles. The molecule has 18 heavy (non-hydrogen) atoms. The Bertz CT molecular complexity index is 339. The molecule has 1 saturated heterocycles. The van der Waals surface area contributed by atoms with Crippen molar-refractivity contribution < 1.29 is 0 Å². The first kappa shape index (κ1) is 14.0. The monoisotopic (exact) mass is 267 g/mol. The van der Waals surface area contributed by atoms with Crippen LogP contribution in [0.3, 0.4) is 0 Å². The first-order valence-electron chi connectivity index (χ1n) is 7.06. The van der Waals surface area contributed by atoms with Crippen LogP contribution in [0.1, 0.15) is 38.6 Å². The van der Waals surface area contributed by atoms with Gasteiger partial charge in [-0.15, -0.1) is 11.3 Å². The van der Waals surface area contributed by atoms with Crippen LogP contribution >= 0.6 is 11.3 Å². The van der Waals surface area contributed by atoms with Crippen molar-refractivity contribution in [2.24, 2.45) is 5.92 Å². The Morgan fingerprint density at radius 3 is 3.11 bits per heavy atom. The van der Waals surface area contributed by atoms with Crippen molar-refractivity contribution in [3.63, 3.8) is 0 Å². The third kappa shape index (κ3) is 3.53. The molecule has 0 aliphatic carbocycles. The predicted molar refractivity (Wildman–Crippen MR) is 77.8 cm³/mol. The summed E-state index contributed by atoms with van der Waals surface area (Å²) in [6, 6.07) is 1.27. The van der Waals surface area contributed by atoms with Gasteiger partial charge in [0.2, 0.25) is 0 Å². The van der Waals surface area contributed by atoms with Gasteiger partial charge >= 0.3 is 0 Å². The quantitative estimate of drug-likeness (QED) is 0.909. The second kappa shape index (κ2) is 6.64. The van der Waals surface area contributed by atoms with Gasteiger partial charge in [-0.1, -0.05) is 20.3 Å². The van der Waals surface area contributed by atoms with Gasteiger partial charge in [-0.05, 0) is 25.8 Å². The van der Waals surface area contributed by atoms with E-state index in [9.17, 15) is 0 Å². The Kier molecular flexibility index (Phi) is 5.15. The first-order chi connectivity index (χ1) is 8.70. The van der Waals surface area contributed by atoms with Crippen molar-refractivity contribution in [3.8, 4) is 0 Å². The van der Waals surface area contributed by atoms with E-state index in [1.54, 1.807) is 11.3 Å². The molecule has 3 atom stereocenters. The largest absolute Gasteiger partial charge is 0.312 e. The van der Waals surface area contributed by atoms with Crippen molar-refractivity contribution in [2.75, 3.05) is 13.1 Å². The normalized spacial score (nSPS) is 27.9. The molecule has 4 heteroatoms. The molecule has 1 aliphatic heterocycles. The molecule has 0 bridgehead atoms. The molecule has 3 unspecified atom stereocenters. The average Bonchev–Trinajstić information content (AvgIpc) is 2.81. The predicted octanol–water partition coefficient (Wildman–Crippen LogP) is 2.74. The fraction of sp³-hybridized carbons (Fsp3) is 0.786. The Hall–Kier alpha value is -0.450. The van der Waals surface area contributed by atoms with Crippen LogP contribution in [-0.2, 0) is 6.54 Å². The minimum Gasteiger partial charge on any atom is -0.312 e. The van der Waals surface area contributed by atoms with Crippen LogP contribution in [0.15, 0.2) is 11.6 Å². The Morgan fingerprint density at radius 2 is 2.44 bits per heavy atom. The van der Waals surface area contributed by atoms with Crippen molar-refractivity contribution in [3.05, 3.63) is 16.6 Å². The molecule has 0 amide bonds. The maximum Gasteiger partial charge on any atom is 0.107 e. The molecule has 0 radical (unpaired) electrons. The summed E-state index contributed by atoms with van der Waals surface area (Å²) in [6.07, 6.45) is 4.39. The van der Waals surface area contributed by atoms with Gasteiger partial charge in [-0.25, -0.2) is 4.98 Å². The van der Waals surface area contributed by atoms with Gasteiger partial charge < -0.3 is 5.32 Å². The summed E-state index contributed by atoms with van der Waals surface area (Å²) >= 11 is 1.77. The van der Waals surface area contributed by atoms with Crippen LogP contribution in [0.4, 0.5) is 0 Å². The van der Waals surface area contributed by atoms with E-state index in [4.69, 9.17) is 0 Å². The third-order valence-corrected chi connectivity index (χ3v) is 4.94. The second-order valence-corrected chi connectivity index (χ2v) is 6.42. The molecule has 102 valence electrons. The zero-order chi connectivity index (χ0) is 13.0. The zero-order valence-electron chi connectivity index (χ0n) is 11.7. The maximum atomic E-state index is 4.42. The molecule has 1 fully saturated rings.